The summed E-state index contributed by atoms with van der Waals surface area (Å²) in [5.74, 6) is 0.238. The van der Waals surface area contributed by atoms with Crippen molar-refractivity contribution < 1.29 is 4.79 Å². The number of rotatable bonds is 3. The zero-order valence-corrected chi connectivity index (χ0v) is 12.0. The number of carbonyl (C=O) groups is 1. The summed E-state index contributed by atoms with van der Waals surface area (Å²) in [5.41, 5.74) is 2.09. The lowest BCUT2D eigenvalue weighted by Gasteiger charge is -2.29. The van der Waals surface area contributed by atoms with Crippen LogP contribution in [0.25, 0.3) is 0 Å². The number of halogens is 1. The number of para-hydroxylation sites is 1. The van der Waals surface area contributed by atoms with E-state index in [4.69, 9.17) is 0 Å². The second-order valence-corrected chi connectivity index (χ2v) is 5.95. The van der Waals surface area contributed by atoms with Crippen LogP contribution in [0.5, 0.6) is 0 Å². The number of amides is 1. The summed E-state index contributed by atoms with van der Waals surface area (Å²) >= 11 is 3.42. The molecule has 0 aromatic heterocycles. The van der Waals surface area contributed by atoms with Gasteiger partial charge in [0.05, 0.1) is 0 Å². The molecule has 1 heterocycles. The Hall–Kier alpha value is -0.830. The number of alkyl halides is 1. The van der Waals surface area contributed by atoms with Gasteiger partial charge in [0.15, 0.2) is 0 Å². The van der Waals surface area contributed by atoms with Gasteiger partial charge in [-0.3, -0.25) is 4.79 Å². The van der Waals surface area contributed by atoms with Crippen LogP contribution in [0.1, 0.15) is 25.8 Å². The second-order valence-electron chi connectivity index (χ2n) is 5.16. The molecule has 0 atom stereocenters. The van der Waals surface area contributed by atoms with Crippen LogP contribution >= 0.6 is 15.9 Å². The summed E-state index contributed by atoms with van der Waals surface area (Å²) in [6.45, 7) is 4.87. The summed E-state index contributed by atoms with van der Waals surface area (Å²) in [5, 5.41) is 0.862. The topological polar surface area (TPSA) is 20.3 Å². The van der Waals surface area contributed by atoms with Crippen molar-refractivity contribution >= 4 is 27.5 Å². The summed E-state index contributed by atoms with van der Waals surface area (Å²) in [6, 6.07) is 8.20. The maximum atomic E-state index is 12.5. The average molecular weight is 296 g/mol. The maximum Gasteiger partial charge on any atom is 0.232 e. The minimum Gasteiger partial charge on any atom is -0.311 e. The number of nitrogens with zero attached hydrogens (tertiary/aromatic N) is 1. The molecule has 0 saturated heterocycles. The molecule has 0 N–H and O–H groups in total. The fourth-order valence-corrected chi connectivity index (χ4v) is 3.25. The third-order valence-electron chi connectivity index (χ3n) is 3.43. The predicted octanol–water partition coefficient (Wildman–Crippen LogP) is 3.39. The summed E-state index contributed by atoms with van der Waals surface area (Å²) in [4.78, 5) is 14.5. The first-order chi connectivity index (χ1) is 8.06. The van der Waals surface area contributed by atoms with Crippen LogP contribution in [0.3, 0.4) is 0 Å². The van der Waals surface area contributed by atoms with Crippen molar-refractivity contribution in [1.29, 1.82) is 0 Å². The lowest BCUT2D eigenvalue weighted by molar-refractivity contribution is -0.126. The van der Waals surface area contributed by atoms with Crippen molar-refractivity contribution in [2.45, 2.75) is 26.7 Å². The molecule has 0 unspecified atom stereocenters. The molecule has 0 saturated carbocycles. The largest absolute Gasteiger partial charge is 0.311 e. The quantitative estimate of drug-likeness (QED) is 0.783. The number of fused-ring (bicyclic) bond motifs is 1. The highest BCUT2D eigenvalue weighted by molar-refractivity contribution is 9.09. The highest BCUT2D eigenvalue weighted by atomic mass is 79.9. The lowest BCUT2D eigenvalue weighted by atomic mass is 9.88. The van der Waals surface area contributed by atoms with Crippen LogP contribution in [-0.4, -0.2) is 17.8 Å². The van der Waals surface area contributed by atoms with Gasteiger partial charge in [0.1, 0.15) is 0 Å². The molecule has 1 aliphatic heterocycles. The van der Waals surface area contributed by atoms with Crippen LogP contribution in [0.15, 0.2) is 24.3 Å². The van der Waals surface area contributed by atoms with E-state index < -0.39 is 0 Å². The van der Waals surface area contributed by atoms with Crippen LogP contribution in [0, 0.1) is 5.41 Å². The van der Waals surface area contributed by atoms with Crippen molar-refractivity contribution in [1.82, 2.24) is 0 Å². The molecule has 0 spiro atoms. The average Bonchev–Trinajstić information content (AvgIpc) is 2.71. The normalized spacial score (nSPS) is 14.9. The molecule has 2 rings (SSSR count). The Bertz CT molecular complexity index is 428. The molecule has 3 heteroatoms. The highest BCUT2D eigenvalue weighted by Gasteiger charge is 2.34. The molecular weight excluding hydrogens is 278 g/mol. The fourth-order valence-electron chi connectivity index (χ4n) is 2.26. The molecule has 0 aliphatic carbocycles. The molecular formula is C14H18BrNO. The molecule has 2 nitrogen and oxygen atoms in total. The Balaban J connectivity index is 2.23. The van der Waals surface area contributed by atoms with E-state index in [1.807, 2.05) is 36.9 Å². The van der Waals surface area contributed by atoms with E-state index in [0.717, 1.165) is 30.4 Å². The molecule has 1 aliphatic rings. The monoisotopic (exact) mass is 295 g/mol. The van der Waals surface area contributed by atoms with E-state index >= 15 is 0 Å². The minimum absolute atomic E-state index is 0.238. The SMILES string of the molecule is CC(C)(CCBr)C(=O)N1CCc2ccccc21. The van der Waals surface area contributed by atoms with Crippen LogP contribution in [0.2, 0.25) is 0 Å². The molecule has 0 bridgehead atoms. The Morgan fingerprint density at radius 3 is 2.82 bits per heavy atom. The third kappa shape index (κ3) is 2.39. The Morgan fingerprint density at radius 2 is 2.12 bits per heavy atom. The van der Waals surface area contributed by atoms with E-state index in [1.165, 1.54) is 5.56 Å². The molecule has 0 fully saturated rings. The Labute approximate surface area is 111 Å². The second kappa shape index (κ2) is 4.81. The van der Waals surface area contributed by atoms with Gasteiger partial charge in [0, 0.05) is 23.0 Å². The van der Waals surface area contributed by atoms with Gasteiger partial charge in [-0.05, 0) is 24.5 Å². The first-order valence-corrected chi connectivity index (χ1v) is 7.14. The number of hydrogen-bond acceptors (Lipinski definition) is 1. The van der Waals surface area contributed by atoms with Gasteiger partial charge >= 0.3 is 0 Å². The summed E-state index contributed by atoms with van der Waals surface area (Å²) in [6.07, 6.45) is 1.84. The highest BCUT2D eigenvalue weighted by Crippen LogP contribution is 2.33. The fraction of sp³-hybridized carbons (Fsp3) is 0.500. The Morgan fingerprint density at radius 1 is 1.41 bits per heavy atom. The molecule has 0 radical (unpaired) electrons. The van der Waals surface area contributed by atoms with Crippen LogP contribution in [0.4, 0.5) is 5.69 Å². The van der Waals surface area contributed by atoms with E-state index in [1.54, 1.807) is 0 Å². The predicted molar refractivity (Wildman–Crippen MR) is 74.7 cm³/mol. The van der Waals surface area contributed by atoms with Crippen molar-refractivity contribution in [3.05, 3.63) is 29.8 Å². The zero-order valence-electron chi connectivity index (χ0n) is 10.4. The van der Waals surface area contributed by atoms with E-state index in [-0.39, 0.29) is 11.3 Å². The van der Waals surface area contributed by atoms with Gasteiger partial charge in [-0.1, -0.05) is 48.0 Å². The molecule has 1 amide bonds. The Kier molecular flexibility index (Phi) is 3.57. The zero-order chi connectivity index (χ0) is 12.5. The molecule has 17 heavy (non-hydrogen) atoms. The van der Waals surface area contributed by atoms with Gasteiger partial charge in [-0.15, -0.1) is 0 Å². The van der Waals surface area contributed by atoms with Gasteiger partial charge in [0.25, 0.3) is 0 Å². The van der Waals surface area contributed by atoms with Crippen LogP contribution in [-0.2, 0) is 11.2 Å². The lowest BCUT2D eigenvalue weighted by Crippen LogP contribution is -2.40. The minimum atomic E-state index is -0.291. The van der Waals surface area contributed by atoms with Gasteiger partial charge < -0.3 is 4.90 Å². The van der Waals surface area contributed by atoms with Gasteiger partial charge in [0.2, 0.25) is 5.91 Å². The van der Waals surface area contributed by atoms with Crippen molar-refractivity contribution in [3.63, 3.8) is 0 Å². The first kappa shape index (κ1) is 12.6. The number of anilines is 1. The van der Waals surface area contributed by atoms with Gasteiger partial charge in [-0.25, -0.2) is 0 Å². The molecule has 92 valence electrons. The third-order valence-corrected chi connectivity index (χ3v) is 3.83. The summed E-state index contributed by atoms with van der Waals surface area (Å²) in [7, 11) is 0. The number of benzene rings is 1. The van der Waals surface area contributed by atoms with Crippen molar-refractivity contribution in [3.8, 4) is 0 Å². The van der Waals surface area contributed by atoms with E-state index in [0.29, 0.717) is 0 Å². The van der Waals surface area contributed by atoms with Crippen molar-refractivity contribution in [2.24, 2.45) is 5.41 Å². The van der Waals surface area contributed by atoms with E-state index in [2.05, 4.69) is 22.0 Å². The number of hydrogen-bond donors (Lipinski definition) is 0. The van der Waals surface area contributed by atoms with E-state index in [9.17, 15) is 4.79 Å². The smallest absolute Gasteiger partial charge is 0.232 e. The molecule has 1 aromatic rings. The molecule has 1 aromatic carbocycles. The standard InChI is InChI=1S/C14H18BrNO/c1-14(2,8-9-15)13(17)16-10-7-11-5-3-4-6-12(11)16/h3-6H,7-10H2,1-2H3. The van der Waals surface area contributed by atoms with Gasteiger partial charge in [-0.2, -0.15) is 0 Å². The maximum absolute atomic E-state index is 12.5. The summed E-state index contributed by atoms with van der Waals surface area (Å²) < 4.78 is 0. The van der Waals surface area contributed by atoms with Crippen molar-refractivity contribution in [2.75, 3.05) is 16.8 Å². The van der Waals surface area contributed by atoms with Crippen LogP contribution < -0.4 is 4.90 Å². The first-order valence-electron chi connectivity index (χ1n) is 6.02. The number of carbonyl (C=O) groups excluding carboxylic acids is 1.